The molecule has 1 aliphatic rings. The molecule has 1 amide bonds. The molecule has 0 saturated carbocycles. The first kappa shape index (κ1) is 19.5. The van der Waals surface area contributed by atoms with Gasteiger partial charge in [-0.25, -0.2) is 9.18 Å². The highest BCUT2D eigenvalue weighted by molar-refractivity contribution is 5.68. The number of ether oxygens (including phenoxy) is 1. The number of likely N-dealkylation sites (tertiary alicyclic amines) is 1. The van der Waals surface area contributed by atoms with E-state index in [0.717, 1.165) is 32.0 Å². The summed E-state index contributed by atoms with van der Waals surface area (Å²) in [7, 11) is 0. The van der Waals surface area contributed by atoms with E-state index in [9.17, 15) is 14.3 Å². The van der Waals surface area contributed by atoms with Crippen LogP contribution >= 0.6 is 0 Å². The molecular formula is C19H29FN2O3. The number of phenols is 1. The quantitative estimate of drug-likeness (QED) is 0.845. The second-order valence-electron chi connectivity index (χ2n) is 7.75. The Morgan fingerprint density at radius 3 is 2.84 bits per heavy atom. The van der Waals surface area contributed by atoms with Crippen LogP contribution in [0.5, 0.6) is 5.75 Å². The molecule has 0 radical (unpaired) electrons. The molecule has 25 heavy (non-hydrogen) atoms. The van der Waals surface area contributed by atoms with Crippen molar-refractivity contribution in [3.05, 3.63) is 29.6 Å². The van der Waals surface area contributed by atoms with Gasteiger partial charge >= 0.3 is 6.09 Å². The fourth-order valence-corrected chi connectivity index (χ4v) is 3.06. The van der Waals surface area contributed by atoms with Gasteiger partial charge in [0.05, 0.1) is 0 Å². The predicted molar refractivity (Wildman–Crippen MR) is 95.0 cm³/mol. The Bertz CT molecular complexity index is 601. The van der Waals surface area contributed by atoms with E-state index in [2.05, 4.69) is 5.32 Å². The largest absolute Gasteiger partial charge is 0.508 e. The van der Waals surface area contributed by atoms with Gasteiger partial charge in [-0.15, -0.1) is 0 Å². The molecule has 0 aromatic heterocycles. The van der Waals surface area contributed by atoms with E-state index in [1.165, 1.54) is 6.07 Å². The smallest absolute Gasteiger partial charge is 0.410 e. The molecule has 1 aromatic carbocycles. The van der Waals surface area contributed by atoms with Crippen molar-refractivity contribution in [2.75, 3.05) is 19.6 Å². The third kappa shape index (κ3) is 5.88. The van der Waals surface area contributed by atoms with Gasteiger partial charge in [0.1, 0.15) is 17.2 Å². The molecule has 0 spiro atoms. The highest BCUT2D eigenvalue weighted by atomic mass is 19.1. The zero-order valence-electron chi connectivity index (χ0n) is 15.5. The number of carbonyl (C=O) groups is 1. The molecule has 5 nitrogen and oxygen atoms in total. The molecule has 1 fully saturated rings. The number of rotatable bonds is 5. The monoisotopic (exact) mass is 352 g/mol. The van der Waals surface area contributed by atoms with E-state index < -0.39 is 11.4 Å². The van der Waals surface area contributed by atoms with Crippen molar-refractivity contribution in [3.63, 3.8) is 0 Å². The van der Waals surface area contributed by atoms with E-state index in [0.29, 0.717) is 18.0 Å². The SMILES string of the molecule is CC(NCCC1CCN(C(=O)OC(C)(C)C)C1)c1ccc(F)cc1O. The number of hydrogen-bond acceptors (Lipinski definition) is 4. The minimum absolute atomic E-state index is 0.0306. The number of nitrogens with one attached hydrogen (secondary N) is 1. The van der Waals surface area contributed by atoms with Crippen LogP contribution in [0, 0.1) is 11.7 Å². The minimum Gasteiger partial charge on any atom is -0.508 e. The maximum atomic E-state index is 13.0. The van der Waals surface area contributed by atoms with Crippen molar-refractivity contribution in [2.24, 2.45) is 5.92 Å². The van der Waals surface area contributed by atoms with Crippen molar-refractivity contribution >= 4 is 6.09 Å². The topological polar surface area (TPSA) is 61.8 Å². The third-order valence-corrected chi connectivity index (χ3v) is 4.40. The van der Waals surface area contributed by atoms with E-state index in [1.807, 2.05) is 27.7 Å². The van der Waals surface area contributed by atoms with E-state index in [4.69, 9.17) is 4.74 Å². The molecule has 1 aliphatic heterocycles. The highest BCUT2D eigenvalue weighted by Crippen LogP contribution is 2.25. The van der Waals surface area contributed by atoms with Gasteiger partial charge in [0.25, 0.3) is 0 Å². The second-order valence-corrected chi connectivity index (χ2v) is 7.75. The summed E-state index contributed by atoms with van der Waals surface area (Å²) in [5.74, 6) is -0.0346. The number of phenolic OH excluding ortho intramolecular Hbond substituents is 1. The second kappa shape index (κ2) is 8.04. The summed E-state index contributed by atoms with van der Waals surface area (Å²) in [6, 6.07) is 4.01. The fraction of sp³-hybridized carbons (Fsp3) is 0.632. The Labute approximate surface area is 149 Å². The Kier molecular flexibility index (Phi) is 6.27. The molecular weight excluding hydrogens is 323 g/mol. The number of nitrogens with zero attached hydrogens (tertiary/aromatic N) is 1. The van der Waals surface area contributed by atoms with Crippen LogP contribution in [0.25, 0.3) is 0 Å². The Morgan fingerprint density at radius 2 is 2.20 bits per heavy atom. The Balaban J connectivity index is 1.74. The molecule has 2 unspecified atom stereocenters. The molecule has 2 N–H and O–H groups in total. The molecule has 0 bridgehead atoms. The van der Waals surface area contributed by atoms with Crippen LogP contribution in [0.1, 0.15) is 52.1 Å². The summed E-state index contributed by atoms with van der Waals surface area (Å²) >= 11 is 0. The van der Waals surface area contributed by atoms with Gasteiger partial charge < -0.3 is 20.1 Å². The third-order valence-electron chi connectivity index (χ3n) is 4.40. The zero-order valence-corrected chi connectivity index (χ0v) is 15.5. The van der Waals surface area contributed by atoms with Gasteiger partial charge in [0.2, 0.25) is 0 Å². The molecule has 1 heterocycles. The van der Waals surface area contributed by atoms with E-state index >= 15 is 0 Å². The minimum atomic E-state index is -0.469. The molecule has 140 valence electrons. The fourth-order valence-electron chi connectivity index (χ4n) is 3.06. The van der Waals surface area contributed by atoms with Gasteiger partial charge in [-0.3, -0.25) is 0 Å². The van der Waals surface area contributed by atoms with Gasteiger partial charge in [-0.2, -0.15) is 0 Å². The van der Waals surface area contributed by atoms with E-state index in [1.54, 1.807) is 11.0 Å². The van der Waals surface area contributed by atoms with Crippen LogP contribution in [0.3, 0.4) is 0 Å². The number of carbonyl (C=O) groups excluding carboxylic acids is 1. The lowest BCUT2D eigenvalue weighted by Crippen LogP contribution is -2.35. The van der Waals surface area contributed by atoms with Gasteiger partial charge in [-0.1, -0.05) is 6.07 Å². The summed E-state index contributed by atoms with van der Waals surface area (Å²) in [5, 5.41) is 13.2. The lowest BCUT2D eigenvalue weighted by Gasteiger charge is -2.24. The van der Waals surface area contributed by atoms with Crippen molar-refractivity contribution in [1.29, 1.82) is 0 Å². The molecule has 6 heteroatoms. The van der Waals surface area contributed by atoms with Crippen LogP contribution in [0.15, 0.2) is 18.2 Å². The summed E-state index contributed by atoms with van der Waals surface area (Å²) in [5.41, 5.74) is 0.215. The average Bonchev–Trinajstić information content (AvgIpc) is 2.94. The van der Waals surface area contributed by atoms with Crippen LogP contribution in [-0.2, 0) is 4.74 Å². The van der Waals surface area contributed by atoms with Crippen molar-refractivity contribution in [3.8, 4) is 5.75 Å². The van der Waals surface area contributed by atoms with Crippen LogP contribution in [-0.4, -0.2) is 41.3 Å². The summed E-state index contributed by atoms with van der Waals surface area (Å²) in [6.07, 6.45) is 1.66. The van der Waals surface area contributed by atoms with Gasteiger partial charge in [0.15, 0.2) is 0 Å². The first-order valence-corrected chi connectivity index (χ1v) is 8.85. The first-order valence-electron chi connectivity index (χ1n) is 8.85. The normalized spacial score (nSPS) is 19.1. The van der Waals surface area contributed by atoms with Gasteiger partial charge in [-0.05, 0) is 59.1 Å². The number of benzene rings is 1. The average molecular weight is 352 g/mol. The molecule has 2 atom stereocenters. The Hall–Kier alpha value is -1.82. The Morgan fingerprint density at radius 1 is 1.48 bits per heavy atom. The summed E-state index contributed by atoms with van der Waals surface area (Å²) < 4.78 is 18.5. The number of hydrogen-bond donors (Lipinski definition) is 2. The van der Waals surface area contributed by atoms with Gasteiger partial charge in [0, 0.05) is 30.8 Å². The van der Waals surface area contributed by atoms with Crippen LogP contribution < -0.4 is 5.32 Å². The predicted octanol–water partition coefficient (Wildman–Crippen LogP) is 3.83. The highest BCUT2D eigenvalue weighted by Gasteiger charge is 2.29. The standard InChI is InChI=1S/C19H29FN2O3/c1-13(16-6-5-15(20)11-17(16)23)21-9-7-14-8-10-22(12-14)18(24)25-19(2,3)4/h5-6,11,13-14,21,23H,7-10,12H2,1-4H3. The molecule has 0 aliphatic carbocycles. The van der Waals surface area contributed by atoms with Crippen LogP contribution in [0.4, 0.5) is 9.18 Å². The zero-order chi connectivity index (χ0) is 18.6. The van der Waals surface area contributed by atoms with Crippen molar-refractivity contribution in [1.82, 2.24) is 10.2 Å². The number of amides is 1. The first-order chi connectivity index (χ1) is 11.7. The number of halogens is 1. The molecule has 1 aromatic rings. The lowest BCUT2D eigenvalue weighted by molar-refractivity contribution is 0.0287. The maximum absolute atomic E-state index is 13.0. The maximum Gasteiger partial charge on any atom is 0.410 e. The molecule has 2 rings (SSSR count). The number of aromatic hydroxyl groups is 1. The van der Waals surface area contributed by atoms with Crippen LogP contribution in [0.2, 0.25) is 0 Å². The summed E-state index contributed by atoms with van der Waals surface area (Å²) in [6.45, 7) is 9.76. The van der Waals surface area contributed by atoms with Crippen molar-refractivity contribution in [2.45, 2.75) is 52.2 Å². The summed E-state index contributed by atoms with van der Waals surface area (Å²) in [4.78, 5) is 13.8. The van der Waals surface area contributed by atoms with Crippen molar-refractivity contribution < 1.29 is 19.0 Å². The van der Waals surface area contributed by atoms with E-state index in [-0.39, 0.29) is 17.9 Å². The lowest BCUT2D eigenvalue weighted by atomic mass is 10.0. The molecule has 1 saturated heterocycles.